The van der Waals surface area contributed by atoms with E-state index in [0.29, 0.717) is 29.5 Å². The number of fused-ring (bicyclic) bond motifs is 1. The second-order valence-electron chi connectivity index (χ2n) is 10.3. The molecule has 7 heteroatoms. The van der Waals surface area contributed by atoms with Crippen LogP contribution in [0.2, 0.25) is 0 Å². The zero-order chi connectivity index (χ0) is 25.2. The van der Waals surface area contributed by atoms with Gasteiger partial charge in [0, 0.05) is 12.2 Å². The minimum absolute atomic E-state index is 0.181. The predicted octanol–water partition coefficient (Wildman–Crippen LogP) is 5.03. The van der Waals surface area contributed by atoms with Crippen LogP contribution in [0.4, 0.5) is 15.8 Å². The molecule has 0 aromatic heterocycles. The topological polar surface area (TPSA) is 68.0 Å². The van der Waals surface area contributed by atoms with Crippen LogP contribution < -0.4 is 15.4 Å². The number of carbonyl (C=O) groups is 1. The molecule has 2 heterocycles. The lowest BCUT2D eigenvalue weighted by molar-refractivity contribution is 0.0600. The molecular formula is C28H36FN3O3. The molecule has 2 aromatic carbocycles. The molecule has 0 bridgehead atoms. The Morgan fingerprint density at radius 2 is 1.91 bits per heavy atom. The molecule has 1 saturated heterocycles. The highest BCUT2D eigenvalue weighted by molar-refractivity contribution is 5.94. The number of likely N-dealkylation sites (tertiary alicyclic amines) is 1. The van der Waals surface area contributed by atoms with Crippen LogP contribution in [0.25, 0.3) is 0 Å². The summed E-state index contributed by atoms with van der Waals surface area (Å²) in [5.74, 6) is 0.627. The second-order valence-corrected chi connectivity index (χ2v) is 10.3. The summed E-state index contributed by atoms with van der Waals surface area (Å²) in [6.45, 7) is 11.9. The van der Waals surface area contributed by atoms with Crippen molar-refractivity contribution < 1.29 is 18.7 Å². The van der Waals surface area contributed by atoms with E-state index in [1.54, 1.807) is 12.1 Å². The van der Waals surface area contributed by atoms with E-state index in [-0.39, 0.29) is 11.4 Å². The number of aryl methyl sites for hydroxylation is 1. The lowest BCUT2D eigenvalue weighted by Crippen LogP contribution is -2.53. The third-order valence-corrected chi connectivity index (χ3v) is 7.12. The standard InChI is InChI=1S/C28H36FN3O3/c1-19(17-31-13-11-21(12-14-31)6-5-20-7-9-23(29)10-8-20)32-26-24(30)15-22(27(33)34-4)16-25(26)35-18-28(32,2)3/h7-10,15-16,21H,1,5-6,11-14,17-18,30H2,2-4H3. The molecule has 6 nitrogen and oxygen atoms in total. The highest BCUT2D eigenvalue weighted by Gasteiger charge is 2.38. The van der Waals surface area contributed by atoms with Crippen molar-refractivity contribution in [1.82, 2.24) is 4.90 Å². The van der Waals surface area contributed by atoms with Crippen LogP contribution >= 0.6 is 0 Å². The molecule has 2 aromatic rings. The van der Waals surface area contributed by atoms with Crippen molar-refractivity contribution in [2.75, 3.05) is 44.0 Å². The molecule has 188 valence electrons. The maximum Gasteiger partial charge on any atom is 0.338 e. The third kappa shape index (κ3) is 5.61. The Kier molecular flexibility index (Phi) is 7.36. The van der Waals surface area contributed by atoms with Crippen LogP contribution in [0.1, 0.15) is 49.0 Å². The predicted molar refractivity (Wildman–Crippen MR) is 137 cm³/mol. The molecule has 0 unspecified atom stereocenters. The molecule has 35 heavy (non-hydrogen) atoms. The van der Waals surface area contributed by atoms with Gasteiger partial charge in [-0.2, -0.15) is 0 Å². The van der Waals surface area contributed by atoms with Crippen molar-refractivity contribution in [2.24, 2.45) is 5.92 Å². The smallest absolute Gasteiger partial charge is 0.338 e. The average Bonchev–Trinajstić information content (AvgIpc) is 2.83. The number of carbonyl (C=O) groups excluding carboxylic acids is 1. The zero-order valence-corrected chi connectivity index (χ0v) is 21.0. The molecular weight excluding hydrogens is 445 g/mol. The van der Waals surface area contributed by atoms with Crippen LogP contribution in [0.3, 0.4) is 0 Å². The number of methoxy groups -OCH3 is 1. The third-order valence-electron chi connectivity index (χ3n) is 7.12. The molecule has 0 aliphatic carbocycles. The number of piperidine rings is 1. The number of nitrogens with two attached hydrogens (primary N) is 1. The van der Waals surface area contributed by atoms with Crippen molar-refractivity contribution in [2.45, 2.75) is 45.1 Å². The quantitative estimate of drug-likeness (QED) is 0.442. The van der Waals surface area contributed by atoms with Crippen molar-refractivity contribution >= 4 is 17.3 Å². The van der Waals surface area contributed by atoms with Crippen LogP contribution in [0.15, 0.2) is 48.7 Å². The summed E-state index contributed by atoms with van der Waals surface area (Å²) < 4.78 is 24.0. The maximum absolute atomic E-state index is 13.1. The summed E-state index contributed by atoms with van der Waals surface area (Å²) in [5.41, 5.74) is 9.84. The van der Waals surface area contributed by atoms with E-state index in [1.807, 2.05) is 12.1 Å². The Labute approximate surface area is 207 Å². The molecule has 0 saturated carbocycles. The average molecular weight is 482 g/mol. The highest BCUT2D eigenvalue weighted by atomic mass is 19.1. The Morgan fingerprint density at radius 1 is 1.23 bits per heavy atom. The number of esters is 1. The first kappa shape index (κ1) is 25.0. The second kappa shape index (κ2) is 10.3. The van der Waals surface area contributed by atoms with Gasteiger partial charge in [-0.1, -0.05) is 18.7 Å². The normalized spacial score (nSPS) is 18.0. The number of rotatable bonds is 7. The van der Waals surface area contributed by atoms with Gasteiger partial charge in [0.2, 0.25) is 0 Å². The SMILES string of the molecule is C=C(CN1CCC(CCc2ccc(F)cc2)CC1)N1c2c(N)cc(C(=O)OC)cc2OCC1(C)C. The number of ether oxygens (including phenoxy) is 2. The number of nitrogens with zero attached hydrogens (tertiary/aromatic N) is 2. The van der Waals surface area contributed by atoms with Crippen LogP contribution in [-0.4, -0.2) is 49.8 Å². The molecule has 4 rings (SSSR count). The Balaban J connectivity index is 1.39. The van der Waals surface area contributed by atoms with Gasteiger partial charge in [-0.25, -0.2) is 9.18 Å². The molecule has 2 aliphatic rings. The molecule has 0 spiro atoms. The number of hydrogen-bond donors (Lipinski definition) is 1. The number of halogens is 1. The van der Waals surface area contributed by atoms with Gasteiger partial charge in [0.25, 0.3) is 0 Å². The van der Waals surface area contributed by atoms with E-state index in [4.69, 9.17) is 15.2 Å². The van der Waals surface area contributed by atoms with Crippen molar-refractivity contribution in [3.63, 3.8) is 0 Å². The molecule has 0 amide bonds. The zero-order valence-electron chi connectivity index (χ0n) is 21.0. The molecule has 2 aliphatic heterocycles. The van der Waals surface area contributed by atoms with Gasteiger partial charge in [0.05, 0.1) is 23.9 Å². The largest absolute Gasteiger partial charge is 0.489 e. The first-order valence-electron chi connectivity index (χ1n) is 12.3. The summed E-state index contributed by atoms with van der Waals surface area (Å²) in [6, 6.07) is 10.2. The Morgan fingerprint density at radius 3 is 2.57 bits per heavy atom. The summed E-state index contributed by atoms with van der Waals surface area (Å²) in [6.07, 6.45) is 4.40. The van der Waals surface area contributed by atoms with Gasteiger partial charge < -0.3 is 20.1 Å². The van der Waals surface area contributed by atoms with Crippen molar-refractivity contribution in [3.05, 3.63) is 65.6 Å². The number of anilines is 2. The molecule has 0 radical (unpaired) electrons. The fourth-order valence-corrected chi connectivity index (χ4v) is 5.21. The summed E-state index contributed by atoms with van der Waals surface area (Å²) >= 11 is 0. The van der Waals surface area contributed by atoms with E-state index < -0.39 is 5.97 Å². The minimum Gasteiger partial charge on any atom is -0.489 e. The number of benzene rings is 2. The maximum atomic E-state index is 13.1. The van der Waals surface area contributed by atoms with Gasteiger partial charge in [-0.05, 0) is 88.4 Å². The molecule has 0 atom stereocenters. The van der Waals surface area contributed by atoms with Gasteiger partial charge in [-0.3, -0.25) is 4.90 Å². The Hall–Kier alpha value is -3.06. The monoisotopic (exact) mass is 481 g/mol. The van der Waals surface area contributed by atoms with Crippen molar-refractivity contribution in [3.8, 4) is 5.75 Å². The highest BCUT2D eigenvalue weighted by Crippen LogP contribution is 2.45. The number of hydrogen-bond acceptors (Lipinski definition) is 6. The first-order valence-corrected chi connectivity index (χ1v) is 12.3. The van der Waals surface area contributed by atoms with Gasteiger partial charge >= 0.3 is 5.97 Å². The lowest BCUT2D eigenvalue weighted by atomic mass is 9.90. The van der Waals surface area contributed by atoms with Gasteiger partial charge in [0.15, 0.2) is 0 Å². The van der Waals surface area contributed by atoms with Crippen molar-refractivity contribution in [1.29, 1.82) is 0 Å². The molecule has 1 fully saturated rings. The Bertz CT molecular complexity index is 1080. The van der Waals surface area contributed by atoms with Crippen LogP contribution in [-0.2, 0) is 11.2 Å². The fourth-order valence-electron chi connectivity index (χ4n) is 5.21. The number of nitrogen functional groups attached to an aromatic ring is 1. The molecule has 2 N–H and O–H groups in total. The lowest BCUT2D eigenvalue weighted by Gasteiger charge is -2.47. The fraction of sp³-hybridized carbons (Fsp3) is 0.464. The van der Waals surface area contributed by atoms with E-state index in [2.05, 4.69) is 30.2 Å². The van der Waals surface area contributed by atoms with E-state index in [0.717, 1.165) is 56.7 Å². The first-order chi connectivity index (χ1) is 16.7. The van der Waals surface area contributed by atoms with E-state index in [9.17, 15) is 9.18 Å². The van der Waals surface area contributed by atoms with E-state index >= 15 is 0 Å². The summed E-state index contributed by atoms with van der Waals surface area (Å²) in [7, 11) is 1.35. The summed E-state index contributed by atoms with van der Waals surface area (Å²) in [5, 5.41) is 0. The summed E-state index contributed by atoms with van der Waals surface area (Å²) in [4.78, 5) is 16.7. The minimum atomic E-state index is -0.444. The van der Waals surface area contributed by atoms with Gasteiger partial charge in [0.1, 0.15) is 23.9 Å². The van der Waals surface area contributed by atoms with Crippen LogP contribution in [0, 0.1) is 11.7 Å². The van der Waals surface area contributed by atoms with Gasteiger partial charge in [-0.15, -0.1) is 0 Å². The van der Waals surface area contributed by atoms with E-state index in [1.165, 1.54) is 24.8 Å². The van der Waals surface area contributed by atoms with Crippen LogP contribution in [0.5, 0.6) is 5.75 Å².